The molecule has 2 amide bonds. The van der Waals surface area contributed by atoms with Crippen LogP contribution in [-0.4, -0.2) is 34.9 Å². The topological polar surface area (TPSA) is 69.6 Å². The molecule has 0 aromatic heterocycles. The lowest BCUT2D eigenvalue weighted by Crippen LogP contribution is -2.40. The van der Waals surface area contributed by atoms with E-state index >= 15 is 0 Å². The normalized spacial score (nSPS) is 15.1. The molecule has 1 saturated heterocycles. The van der Waals surface area contributed by atoms with Crippen molar-refractivity contribution in [3.05, 3.63) is 64.6 Å². The number of amides is 2. The predicted octanol–water partition coefficient (Wildman–Crippen LogP) is 4.05. The molecule has 0 aliphatic carbocycles. The summed E-state index contributed by atoms with van der Waals surface area (Å²) in [6, 6.07) is 14.4. The summed E-state index contributed by atoms with van der Waals surface area (Å²) in [4.78, 5) is 26.5. The highest BCUT2D eigenvalue weighted by Crippen LogP contribution is 2.25. The van der Waals surface area contributed by atoms with E-state index < -0.39 is 0 Å². The van der Waals surface area contributed by atoms with Crippen LogP contribution in [0.3, 0.4) is 0 Å². The Morgan fingerprint density at radius 2 is 1.74 bits per heavy atom. The maximum atomic E-state index is 12.4. The van der Waals surface area contributed by atoms with Gasteiger partial charge in [-0.2, -0.15) is 0 Å². The van der Waals surface area contributed by atoms with Crippen LogP contribution in [0.5, 0.6) is 5.75 Å². The molecule has 3 rings (SSSR count). The number of nitrogens with zero attached hydrogens (tertiary/aromatic N) is 1. The number of benzene rings is 2. The van der Waals surface area contributed by atoms with E-state index in [1.807, 2.05) is 24.3 Å². The van der Waals surface area contributed by atoms with E-state index in [0.717, 1.165) is 10.0 Å². The molecular weight excluding hydrogens is 408 g/mol. The second-order valence-electron chi connectivity index (χ2n) is 6.46. The SMILES string of the molecule is O=C(Nc1ccccc1O)C1CCN(C(=O)/C=C/c2ccccc2Br)CC1. The number of anilines is 1. The molecule has 2 aromatic carbocycles. The number of halogens is 1. The lowest BCUT2D eigenvalue weighted by atomic mass is 9.95. The van der Waals surface area contributed by atoms with Crippen molar-refractivity contribution in [1.82, 2.24) is 4.90 Å². The molecule has 0 saturated carbocycles. The van der Waals surface area contributed by atoms with Crippen LogP contribution in [-0.2, 0) is 9.59 Å². The van der Waals surface area contributed by atoms with Crippen molar-refractivity contribution in [2.75, 3.05) is 18.4 Å². The van der Waals surface area contributed by atoms with Gasteiger partial charge in [0.05, 0.1) is 5.69 Å². The molecule has 1 heterocycles. The number of hydrogen-bond donors (Lipinski definition) is 2. The Balaban J connectivity index is 1.52. The summed E-state index contributed by atoms with van der Waals surface area (Å²) in [6.45, 7) is 1.08. The highest BCUT2D eigenvalue weighted by Gasteiger charge is 2.27. The van der Waals surface area contributed by atoms with Crippen LogP contribution in [0.1, 0.15) is 18.4 Å². The van der Waals surface area contributed by atoms with Crippen molar-refractivity contribution in [1.29, 1.82) is 0 Å². The fourth-order valence-electron chi connectivity index (χ4n) is 3.05. The Morgan fingerprint density at radius 3 is 2.44 bits per heavy atom. The fourth-order valence-corrected chi connectivity index (χ4v) is 3.47. The molecule has 2 aromatic rings. The number of piperidine rings is 1. The number of nitrogens with one attached hydrogen (secondary N) is 1. The monoisotopic (exact) mass is 428 g/mol. The van der Waals surface area contributed by atoms with Crippen LogP contribution in [0.15, 0.2) is 59.1 Å². The second kappa shape index (κ2) is 8.86. The number of phenolic OH excluding ortho intramolecular Hbond substituents is 1. The molecule has 5 nitrogen and oxygen atoms in total. The number of para-hydroxylation sites is 2. The van der Waals surface area contributed by atoms with Gasteiger partial charge in [0, 0.05) is 29.6 Å². The van der Waals surface area contributed by atoms with Crippen molar-refractivity contribution in [3.8, 4) is 5.75 Å². The summed E-state index contributed by atoms with van der Waals surface area (Å²) >= 11 is 3.46. The van der Waals surface area contributed by atoms with E-state index in [1.54, 1.807) is 35.3 Å². The van der Waals surface area contributed by atoms with Crippen molar-refractivity contribution in [2.24, 2.45) is 5.92 Å². The predicted molar refractivity (Wildman–Crippen MR) is 109 cm³/mol. The van der Waals surface area contributed by atoms with Gasteiger partial charge in [-0.1, -0.05) is 46.3 Å². The average molecular weight is 429 g/mol. The Labute approximate surface area is 166 Å². The third-order valence-corrected chi connectivity index (χ3v) is 5.37. The molecule has 6 heteroatoms. The van der Waals surface area contributed by atoms with E-state index in [9.17, 15) is 14.7 Å². The highest BCUT2D eigenvalue weighted by atomic mass is 79.9. The summed E-state index contributed by atoms with van der Waals surface area (Å²) in [7, 11) is 0. The summed E-state index contributed by atoms with van der Waals surface area (Å²) in [5.74, 6) is -0.283. The molecule has 27 heavy (non-hydrogen) atoms. The van der Waals surface area contributed by atoms with Crippen LogP contribution >= 0.6 is 15.9 Å². The highest BCUT2D eigenvalue weighted by molar-refractivity contribution is 9.10. The van der Waals surface area contributed by atoms with Crippen LogP contribution in [0.4, 0.5) is 5.69 Å². The van der Waals surface area contributed by atoms with E-state index in [1.165, 1.54) is 6.07 Å². The van der Waals surface area contributed by atoms with Gasteiger partial charge in [0.1, 0.15) is 5.75 Å². The minimum absolute atomic E-state index is 0.0506. The first kappa shape index (κ1) is 19.2. The number of carbonyl (C=O) groups is 2. The Bertz CT molecular complexity index is 858. The number of phenols is 1. The summed E-state index contributed by atoms with van der Waals surface area (Å²) in [6.07, 6.45) is 4.58. The molecular formula is C21H21BrN2O3. The summed E-state index contributed by atoms with van der Waals surface area (Å²) in [5, 5.41) is 12.5. The maximum absolute atomic E-state index is 12.4. The average Bonchev–Trinajstić information content (AvgIpc) is 2.69. The Morgan fingerprint density at radius 1 is 1.07 bits per heavy atom. The second-order valence-corrected chi connectivity index (χ2v) is 7.32. The zero-order valence-corrected chi connectivity index (χ0v) is 16.4. The first-order valence-electron chi connectivity index (χ1n) is 8.85. The molecule has 0 bridgehead atoms. The minimum Gasteiger partial charge on any atom is -0.506 e. The Kier molecular flexibility index (Phi) is 6.29. The number of likely N-dealkylation sites (tertiary alicyclic amines) is 1. The van der Waals surface area contributed by atoms with Gasteiger partial charge in [0.2, 0.25) is 11.8 Å². The quantitative estimate of drug-likeness (QED) is 0.569. The van der Waals surface area contributed by atoms with Crippen molar-refractivity contribution < 1.29 is 14.7 Å². The van der Waals surface area contributed by atoms with Gasteiger partial charge in [0.15, 0.2) is 0 Å². The van der Waals surface area contributed by atoms with E-state index in [4.69, 9.17) is 0 Å². The van der Waals surface area contributed by atoms with Gasteiger partial charge in [0.25, 0.3) is 0 Å². The standard InChI is InChI=1S/C21H21BrN2O3/c22-17-6-2-1-5-15(17)9-10-20(26)24-13-11-16(12-14-24)21(27)23-18-7-3-4-8-19(18)25/h1-10,16,25H,11-14H2,(H,23,27)/b10-9+. The molecule has 0 atom stereocenters. The van der Waals surface area contributed by atoms with E-state index in [-0.39, 0.29) is 23.5 Å². The third-order valence-electron chi connectivity index (χ3n) is 4.65. The minimum atomic E-state index is -0.166. The van der Waals surface area contributed by atoms with Gasteiger partial charge in [-0.3, -0.25) is 9.59 Å². The van der Waals surface area contributed by atoms with Crippen molar-refractivity contribution in [2.45, 2.75) is 12.8 Å². The van der Waals surface area contributed by atoms with Crippen LogP contribution in [0, 0.1) is 5.92 Å². The maximum Gasteiger partial charge on any atom is 0.246 e. The largest absolute Gasteiger partial charge is 0.506 e. The lowest BCUT2D eigenvalue weighted by molar-refractivity contribution is -0.130. The molecule has 1 aliphatic rings. The number of hydrogen-bond acceptors (Lipinski definition) is 3. The zero-order chi connectivity index (χ0) is 19.2. The smallest absolute Gasteiger partial charge is 0.246 e. The fraction of sp³-hybridized carbons (Fsp3) is 0.238. The molecule has 140 valence electrons. The van der Waals surface area contributed by atoms with Gasteiger partial charge in [-0.15, -0.1) is 0 Å². The lowest BCUT2D eigenvalue weighted by Gasteiger charge is -2.30. The van der Waals surface area contributed by atoms with Gasteiger partial charge in [-0.05, 0) is 42.7 Å². The Hall–Kier alpha value is -2.60. The summed E-state index contributed by atoms with van der Waals surface area (Å²) < 4.78 is 0.939. The first-order chi connectivity index (χ1) is 13.0. The molecule has 0 radical (unpaired) electrons. The van der Waals surface area contributed by atoms with Crippen LogP contribution in [0.2, 0.25) is 0 Å². The third kappa shape index (κ3) is 4.98. The van der Waals surface area contributed by atoms with Gasteiger partial charge >= 0.3 is 0 Å². The van der Waals surface area contributed by atoms with E-state index in [2.05, 4.69) is 21.2 Å². The molecule has 0 unspecified atom stereocenters. The van der Waals surface area contributed by atoms with Crippen LogP contribution < -0.4 is 5.32 Å². The van der Waals surface area contributed by atoms with Crippen molar-refractivity contribution >= 4 is 39.5 Å². The van der Waals surface area contributed by atoms with Gasteiger partial charge < -0.3 is 15.3 Å². The van der Waals surface area contributed by atoms with Gasteiger partial charge in [-0.25, -0.2) is 0 Å². The van der Waals surface area contributed by atoms with Crippen molar-refractivity contribution in [3.63, 3.8) is 0 Å². The number of carbonyl (C=O) groups excluding carboxylic acids is 2. The molecule has 1 fully saturated rings. The molecule has 0 spiro atoms. The number of rotatable bonds is 4. The molecule has 2 N–H and O–H groups in total. The van der Waals surface area contributed by atoms with E-state index in [0.29, 0.717) is 31.6 Å². The molecule has 1 aliphatic heterocycles. The number of aromatic hydroxyl groups is 1. The van der Waals surface area contributed by atoms with Crippen LogP contribution in [0.25, 0.3) is 6.08 Å². The first-order valence-corrected chi connectivity index (χ1v) is 9.64. The summed E-state index contributed by atoms with van der Waals surface area (Å²) in [5.41, 5.74) is 1.36. The zero-order valence-electron chi connectivity index (χ0n) is 14.8.